The number of halogens is 1. The third-order valence-electron chi connectivity index (χ3n) is 3.05. The highest BCUT2D eigenvalue weighted by Gasteiger charge is 2.39. The molecule has 0 saturated heterocycles. The maximum atomic E-state index is 12.7. The van der Waals surface area contributed by atoms with Crippen LogP contribution in [0.4, 0.5) is 10.5 Å². The molecule has 1 aromatic carbocycles. The first-order valence-electron chi connectivity index (χ1n) is 7.40. The van der Waals surface area contributed by atoms with E-state index in [1.807, 2.05) is 0 Å². The van der Waals surface area contributed by atoms with Crippen LogP contribution < -0.4 is 4.90 Å². The minimum Gasteiger partial charge on any atom is -0.463 e. The summed E-state index contributed by atoms with van der Waals surface area (Å²) in [6.45, 7) is 7.00. The van der Waals surface area contributed by atoms with E-state index >= 15 is 0 Å². The molecule has 0 saturated carbocycles. The number of hydrogen-bond donors (Lipinski definition) is 0. The van der Waals surface area contributed by atoms with Crippen molar-refractivity contribution in [2.24, 2.45) is 0 Å². The molecular formula is C17H18BrNO5. The zero-order chi connectivity index (χ0) is 18.1. The first kappa shape index (κ1) is 18.2. The molecular weight excluding hydrogens is 378 g/mol. The van der Waals surface area contributed by atoms with Crippen molar-refractivity contribution in [1.29, 1.82) is 0 Å². The SMILES string of the molecule is CCOC(=O)/C=C1/C(=O)N(C(=O)OC(C)(C)C)c2cc(Br)ccc21. The van der Waals surface area contributed by atoms with Gasteiger partial charge < -0.3 is 9.47 Å². The lowest BCUT2D eigenvalue weighted by molar-refractivity contribution is -0.137. The number of anilines is 1. The standard InChI is InChI=1S/C17H18BrNO5/c1-5-23-14(20)9-12-11-7-6-10(18)8-13(11)19(15(12)21)16(22)24-17(2,3)4/h6-9H,5H2,1-4H3/b12-9+. The maximum absolute atomic E-state index is 12.7. The normalized spacial score (nSPS) is 15.5. The lowest BCUT2D eigenvalue weighted by Gasteiger charge is -2.23. The van der Waals surface area contributed by atoms with Crippen LogP contribution in [0.25, 0.3) is 5.57 Å². The molecule has 0 radical (unpaired) electrons. The fraction of sp³-hybridized carbons (Fsp3) is 0.353. The van der Waals surface area contributed by atoms with Crippen molar-refractivity contribution in [2.75, 3.05) is 11.5 Å². The van der Waals surface area contributed by atoms with Gasteiger partial charge in [-0.25, -0.2) is 14.5 Å². The highest BCUT2D eigenvalue weighted by Crippen LogP contribution is 2.39. The Morgan fingerprint density at radius 2 is 1.96 bits per heavy atom. The van der Waals surface area contributed by atoms with Gasteiger partial charge in [-0.1, -0.05) is 22.0 Å². The number of carbonyl (C=O) groups is 3. The first-order chi connectivity index (χ1) is 11.1. The molecule has 0 unspecified atom stereocenters. The Hall–Kier alpha value is -2.15. The Kier molecular flexibility index (Phi) is 5.13. The second kappa shape index (κ2) is 6.76. The Morgan fingerprint density at radius 1 is 1.29 bits per heavy atom. The van der Waals surface area contributed by atoms with E-state index in [0.29, 0.717) is 15.7 Å². The van der Waals surface area contributed by atoms with Crippen LogP contribution in [-0.2, 0) is 19.1 Å². The third kappa shape index (κ3) is 3.84. The van der Waals surface area contributed by atoms with Gasteiger partial charge in [0.25, 0.3) is 5.91 Å². The molecule has 128 valence electrons. The molecule has 2 rings (SSSR count). The van der Waals surface area contributed by atoms with E-state index in [-0.39, 0.29) is 12.2 Å². The van der Waals surface area contributed by atoms with Crippen LogP contribution in [0.2, 0.25) is 0 Å². The predicted molar refractivity (Wildman–Crippen MR) is 92.5 cm³/mol. The van der Waals surface area contributed by atoms with Crippen molar-refractivity contribution in [3.63, 3.8) is 0 Å². The van der Waals surface area contributed by atoms with Crippen LogP contribution in [0, 0.1) is 0 Å². The van der Waals surface area contributed by atoms with Crippen LogP contribution in [0.15, 0.2) is 28.7 Å². The largest absolute Gasteiger partial charge is 0.463 e. The molecule has 1 heterocycles. The highest BCUT2D eigenvalue weighted by molar-refractivity contribution is 9.10. The molecule has 0 spiro atoms. The highest BCUT2D eigenvalue weighted by atomic mass is 79.9. The van der Waals surface area contributed by atoms with Gasteiger partial charge in [0, 0.05) is 16.1 Å². The van der Waals surface area contributed by atoms with E-state index in [1.54, 1.807) is 45.9 Å². The second-order valence-corrected chi connectivity index (χ2v) is 7.01. The van der Waals surface area contributed by atoms with Crippen LogP contribution in [0.5, 0.6) is 0 Å². The van der Waals surface area contributed by atoms with Crippen LogP contribution >= 0.6 is 15.9 Å². The van der Waals surface area contributed by atoms with Crippen molar-refractivity contribution in [3.8, 4) is 0 Å². The number of ether oxygens (including phenoxy) is 2. The molecule has 24 heavy (non-hydrogen) atoms. The average Bonchev–Trinajstić information content (AvgIpc) is 2.69. The van der Waals surface area contributed by atoms with Crippen molar-refractivity contribution in [1.82, 2.24) is 0 Å². The number of amides is 2. The van der Waals surface area contributed by atoms with Gasteiger partial charge in [0.15, 0.2) is 0 Å². The fourth-order valence-electron chi connectivity index (χ4n) is 2.19. The zero-order valence-electron chi connectivity index (χ0n) is 13.9. The summed E-state index contributed by atoms with van der Waals surface area (Å²) < 4.78 is 10.8. The molecule has 7 heteroatoms. The summed E-state index contributed by atoms with van der Waals surface area (Å²) in [7, 11) is 0. The van der Waals surface area contributed by atoms with Crippen molar-refractivity contribution in [2.45, 2.75) is 33.3 Å². The van der Waals surface area contributed by atoms with E-state index in [4.69, 9.17) is 9.47 Å². The topological polar surface area (TPSA) is 72.9 Å². The Morgan fingerprint density at radius 3 is 2.54 bits per heavy atom. The molecule has 1 aliphatic rings. The molecule has 0 bridgehead atoms. The number of fused-ring (bicyclic) bond motifs is 1. The number of hydrogen-bond acceptors (Lipinski definition) is 5. The molecule has 0 atom stereocenters. The van der Waals surface area contributed by atoms with Gasteiger partial charge in [0.05, 0.1) is 17.9 Å². The minimum absolute atomic E-state index is 0.0989. The van der Waals surface area contributed by atoms with Gasteiger partial charge in [-0.05, 0) is 39.8 Å². The molecule has 0 aromatic heterocycles. The smallest absolute Gasteiger partial charge is 0.422 e. The fourth-order valence-corrected chi connectivity index (χ4v) is 2.54. The van der Waals surface area contributed by atoms with Gasteiger partial charge in [0.2, 0.25) is 0 Å². The summed E-state index contributed by atoms with van der Waals surface area (Å²) >= 11 is 3.32. The lowest BCUT2D eigenvalue weighted by atomic mass is 10.1. The quantitative estimate of drug-likeness (QED) is 0.563. The van der Waals surface area contributed by atoms with E-state index in [2.05, 4.69) is 15.9 Å². The predicted octanol–water partition coefficient (Wildman–Crippen LogP) is 3.68. The Balaban J connectivity index is 2.49. The molecule has 1 aliphatic heterocycles. The molecule has 6 nitrogen and oxygen atoms in total. The van der Waals surface area contributed by atoms with Crippen LogP contribution in [-0.4, -0.2) is 30.2 Å². The van der Waals surface area contributed by atoms with Gasteiger partial charge >= 0.3 is 12.1 Å². The van der Waals surface area contributed by atoms with Crippen LogP contribution in [0.3, 0.4) is 0 Å². The molecule has 1 aromatic rings. The molecule has 0 aliphatic carbocycles. The maximum Gasteiger partial charge on any atom is 0.422 e. The Labute approximate surface area is 148 Å². The Bertz CT molecular complexity index is 733. The third-order valence-corrected chi connectivity index (χ3v) is 3.54. The molecule has 0 N–H and O–H groups in total. The number of esters is 1. The van der Waals surface area contributed by atoms with Gasteiger partial charge in [-0.15, -0.1) is 0 Å². The van der Waals surface area contributed by atoms with E-state index < -0.39 is 23.6 Å². The van der Waals surface area contributed by atoms with E-state index in [9.17, 15) is 14.4 Å². The van der Waals surface area contributed by atoms with Crippen molar-refractivity contribution >= 4 is 45.2 Å². The lowest BCUT2D eigenvalue weighted by Crippen LogP contribution is -2.38. The number of imide groups is 1. The molecule has 2 amide bonds. The van der Waals surface area contributed by atoms with Crippen molar-refractivity contribution in [3.05, 3.63) is 34.3 Å². The van der Waals surface area contributed by atoms with E-state index in [1.165, 1.54) is 0 Å². The van der Waals surface area contributed by atoms with E-state index in [0.717, 1.165) is 11.0 Å². The monoisotopic (exact) mass is 395 g/mol. The first-order valence-corrected chi connectivity index (χ1v) is 8.19. The number of carbonyl (C=O) groups excluding carboxylic acids is 3. The average molecular weight is 396 g/mol. The summed E-state index contributed by atoms with van der Waals surface area (Å²) in [5.41, 5.74) is 0.181. The minimum atomic E-state index is -0.792. The van der Waals surface area contributed by atoms with Gasteiger partial charge in [-0.2, -0.15) is 0 Å². The zero-order valence-corrected chi connectivity index (χ0v) is 15.5. The number of rotatable bonds is 2. The summed E-state index contributed by atoms with van der Waals surface area (Å²) in [5.74, 6) is -1.26. The van der Waals surface area contributed by atoms with Crippen molar-refractivity contribution < 1.29 is 23.9 Å². The number of benzene rings is 1. The van der Waals surface area contributed by atoms with Gasteiger partial charge in [0.1, 0.15) is 5.60 Å². The molecule has 0 fully saturated rings. The summed E-state index contributed by atoms with van der Waals surface area (Å²) in [4.78, 5) is 37.8. The van der Waals surface area contributed by atoms with Crippen LogP contribution in [0.1, 0.15) is 33.3 Å². The second-order valence-electron chi connectivity index (χ2n) is 6.09. The summed E-state index contributed by atoms with van der Waals surface area (Å²) in [5, 5.41) is 0. The van der Waals surface area contributed by atoms with Gasteiger partial charge in [-0.3, -0.25) is 4.79 Å². The number of nitrogens with zero attached hydrogens (tertiary/aromatic N) is 1. The summed E-state index contributed by atoms with van der Waals surface area (Å²) in [6.07, 6.45) is 0.308. The summed E-state index contributed by atoms with van der Waals surface area (Å²) in [6, 6.07) is 5.01.